The van der Waals surface area contributed by atoms with Crippen LogP contribution in [0.5, 0.6) is 0 Å². The highest BCUT2D eigenvalue weighted by molar-refractivity contribution is 6.36. The molecule has 0 saturated heterocycles. The molecule has 0 aliphatic heterocycles. The number of aliphatic imine (C=N–C) groups is 1. The predicted octanol–water partition coefficient (Wildman–Crippen LogP) is 5.14. The topological polar surface area (TPSA) is 34.5 Å². The molecule has 1 aromatic heterocycles. The summed E-state index contributed by atoms with van der Waals surface area (Å²) in [6.45, 7) is 4.73. The highest BCUT2D eigenvalue weighted by Gasteiger charge is 2.09. The van der Waals surface area contributed by atoms with Crippen molar-refractivity contribution in [2.45, 2.75) is 13.8 Å². The zero-order chi connectivity index (χ0) is 15.2. The molecule has 110 valence electrons. The summed E-state index contributed by atoms with van der Waals surface area (Å²) < 4.78 is 5.80. The van der Waals surface area contributed by atoms with Crippen LogP contribution in [0.15, 0.2) is 47.7 Å². The Morgan fingerprint density at radius 2 is 2.10 bits per heavy atom. The first-order chi connectivity index (χ1) is 10.1. The van der Waals surface area contributed by atoms with Crippen molar-refractivity contribution in [3.8, 4) is 0 Å². The molecule has 1 heterocycles. The van der Waals surface area contributed by atoms with Crippen molar-refractivity contribution in [3.63, 3.8) is 0 Å². The Hall–Kier alpha value is -1.58. The van der Waals surface area contributed by atoms with Crippen molar-refractivity contribution in [1.29, 1.82) is 0 Å². The summed E-state index contributed by atoms with van der Waals surface area (Å²) in [7, 11) is 0. The summed E-state index contributed by atoms with van der Waals surface area (Å²) in [6, 6.07) is 8.91. The molecular weight excluding hydrogens is 307 g/mol. The number of benzene rings is 1. The standard InChI is InChI=1S/C16H16Cl2N2O/c1-11(2)10-21-16(12-4-3-7-19-9-12)20-15-6-5-13(17)8-14(15)18/h3-9,11H,10H2,1-2H3. The van der Waals surface area contributed by atoms with E-state index in [0.717, 1.165) is 5.56 Å². The van der Waals surface area contributed by atoms with Crippen molar-refractivity contribution in [2.75, 3.05) is 6.61 Å². The van der Waals surface area contributed by atoms with Gasteiger partial charge in [-0.3, -0.25) is 4.98 Å². The molecule has 0 N–H and O–H groups in total. The maximum absolute atomic E-state index is 6.16. The lowest BCUT2D eigenvalue weighted by Crippen LogP contribution is -2.11. The van der Waals surface area contributed by atoms with E-state index in [4.69, 9.17) is 27.9 Å². The van der Waals surface area contributed by atoms with E-state index in [-0.39, 0.29) is 0 Å². The number of rotatable bonds is 4. The zero-order valence-corrected chi connectivity index (χ0v) is 13.4. The van der Waals surface area contributed by atoms with E-state index in [0.29, 0.717) is 34.2 Å². The van der Waals surface area contributed by atoms with Gasteiger partial charge >= 0.3 is 0 Å². The lowest BCUT2D eigenvalue weighted by molar-refractivity contribution is 0.260. The molecular formula is C16H16Cl2N2O. The number of halogens is 2. The van der Waals surface area contributed by atoms with Crippen molar-refractivity contribution < 1.29 is 4.74 Å². The van der Waals surface area contributed by atoms with Crippen LogP contribution in [0.2, 0.25) is 10.0 Å². The van der Waals surface area contributed by atoms with Crippen LogP contribution in [-0.4, -0.2) is 17.5 Å². The summed E-state index contributed by atoms with van der Waals surface area (Å²) >= 11 is 12.1. The number of hydrogen-bond donors (Lipinski definition) is 0. The van der Waals surface area contributed by atoms with Crippen molar-refractivity contribution in [1.82, 2.24) is 4.98 Å². The Balaban J connectivity index is 2.36. The third-order valence-corrected chi connectivity index (χ3v) is 3.13. The fourth-order valence-electron chi connectivity index (χ4n) is 1.60. The van der Waals surface area contributed by atoms with Gasteiger partial charge in [0.2, 0.25) is 5.90 Å². The highest BCUT2D eigenvalue weighted by Crippen LogP contribution is 2.28. The first kappa shape index (κ1) is 15.8. The van der Waals surface area contributed by atoms with Gasteiger partial charge < -0.3 is 4.74 Å². The second-order valence-corrected chi connectivity index (χ2v) is 5.80. The summed E-state index contributed by atoms with van der Waals surface area (Å²) in [5, 5.41) is 1.06. The molecule has 3 nitrogen and oxygen atoms in total. The van der Waals surface area contributed by atoms with Crippen molar-refractivity contribution >= 4 is 34.8 Å². The molecule has 0 atom stereocenters. The van der Waals surface area contributed by atoms with Gasteiger partial charge in [0.25, 0.3) is 0 Å². The normalized spacial score (nSPS) is 11.8. The summed E-state index contributed by atoms with van der Waals surface area (Å²) in [6.07, 6.45) is 3.42. The minimum atomic E-state index is 0.396. The molecule has 2 rings (SSSR count). The van der Waals surface area contributed by atoms with Gasteiger partial charge in [-0.25, -0.2) is 4.99 Å². The van der Waals surface area contributed by atoms with Crippen molar-refractivity contribution in [3.05, 3.63) is 58.3 Å². The number of nitrogens with zero attached hydrogens (tertiary/aromatic N) is 2. The molecule has 2 aromatic rings. The van der Waals surface area contributed by atoms with Gasteiger partial charge in [0.15, 0.2) is 0 Å². The Morgan fingerprint density at radius 1 is 1.29 bits per heavy atom. The fourth-order valence-corrected chi connectivity index (χ4v) is 2.05. The smallest absolute Gasteiger partial charge is 0.222 e. The number of aromatic nitrogens is 1. The second-order valence-electron chi connectivity index (χ2n) is 4.96. The molecule has 0 fully saturated rings. The minimum absolute atomic E-state index is 0.396. The highest BCUT2D eigenvalue weighted by atomic mass is 35.5. The Kier molecular flexibility index (Phi) is 5.59. The summed E-state index contributed by atoms with van der Waals surface area (Å²) in [5.41, 5.74) is 1.42. The van der Waals surface area contributed by atoms with Gasteiger partial charge in [0.1, 0.15) is 0 Å². The van der Waals surface area contributed by atoms with Gasteiger partial charge in [-0.05, 0) is 36.2 Å². The summed E-state index contributed by atoms with van der Waals surface area (Å²) in [4.78, 5) is 8.60. The first-order valence-electron chi connectivity index (χ1n) is 6.63. The Morgan fingerprint density at radius 3 is 2.71 bits per heavy atom. The van der Waals surface area contributed by atoms with E-state index in [1.54, 1.807) is 30.6 Å². The number of ether oxygens (including phenoxy) is 1. The van der Waals surface area contributed by atoms with Crippen LogP contribution in [0.25, 0.3) is 0 Å². The van der Waals surface area contributed by atoms with Crippen molar-refractivity contribution in [2.24, 2.45) is 10.9 Å². The minimum Gasteiger partial charge on any atom is -0.477 e. The SMILES string of the molecule is CC(C)COC(=Nc1ccc(Cl)cc1Cl)c1cccnc1. The fraction of sp³-hybridized carbons (Fsp3) is 0.250. The zero-order valence-electron chi connectivity index (χ0n) is 11.9. The molecule has 5 heteroatoms. The number of hydrogen-bond acceptors (Lipinski definition) is 3. The van der Waals surface area contributed by atoms with E-state index in [1.807, 2.05) is 12.1 Å². The van der Waals surface area contributed by atoms with E-state index >= 15 is 0 Å². The van der Waals surface area contributed by atoms with Gasteiger partial charge in [-0.1, -0.05) is 37.0 Å². The molecule has 0 amide bonds. The van der Waals surface area contributed by atoms with E-state index in [9.17, 15) is 0 Å². The summed E-state index contributed by atoms with van der Waals surface area (Å²) in [5.74, 6) is 0.897. The molecule has 21 heavy (non-hydrogen) atoms. The van der Waals surface area contributed by atoms with E-state index in [2.05, 4.69) is 23.8 Å². The second kappa shape index (κ2) is 7.43. The number of pyridine rings is 1. The maximum atomic E-state index is 6.16. The third kappa shape index (κ3) is 4.73. The molecule has 1 aromatic carbocycles. The van der Waals surface area contributed by atoms with Crippen LogP contribution in [0.3, 0.4) is 0 Å². The lowest BCUT2D eigenvalue weighted by Gasteiger charge is -2.11. The molecule has 0 radical (unpaired) electrons. The van der Waals surface area contributed by atoms with E-state index < -0.39 is 0 Å². The van der Waals surface area contributed by atoms with Crippen LogP contribution in [-0.2, 0) is 4.74 Å². The van der Waals surface area contributed by atoms with Crippen LogP contribution >= 0.6 is 23.2 Å². The van der Waals surface area contributed by atoms with Crippen LogP contribution in [0.1, 0.15) is 19.4 Å². The van der Waals surface area contributed by atoms with Gasteiger partial charge in [0.05, 0.1) is 22.9 Å². The predicted molar refractivity (Wildman–Crippen MR) is 87.7 cm³/mol. The first-order valence-corrected chi connectivity index (χ1v) is 7.39. The van der Waals surface area contributed by atoms with Gasteiger partial charge in [-0.2, -0.15) is 0 Å². The molecule has 0 aliphatic rings. The molecule has 0 bridgehead atoms. The van der Waals surface area contributed by atoms with Crippen LogP contribution in [0.4, 0.5) is 5.69 Å². The lowest BCUT2D eigenvalue weighted by atomic mass is 10.2. The van der Waals surface area contributed by atoms with Crippen LogP contribution in [0, 0.1) is 5.92 Å². The molecule has 0 unspecified atom stereocenters. The van der Waals surface area contributed by atoms with Crippen LogP contribution < -0.4 is 0 Å². The Bertz CT molecular complexity index is 627. The molecule has 0 saturated carbocycles. The maximum Gasteiger partial charge on any atom is 0.222 e. The largest absolute Gasteiger partial charge is 0.477 e. The molecule has 0 spiro atoms. The van der Waals surface area contributed by atoms with Gasteiger partial charge in [0, 0.05) is 17.4 Å². The average molecular weight is 323 g/mol. The molecule has 0 aliphatic carbocycles. The third-order valence-electron chi connectivity index (χ3n) is 2.59. The Labute approximate surface area is 134 Å². The van der Waals surface area contributed by atoms with E-state index in [1.165, 1.54) is 0 Å². The average Bonchev–Trinajstić information content (AvgIpc) is 2.46. The van der Waals surface area contributed by atoms with Gasteiger partial charge in [-0.15, -0.1) is 0 Å². The monoisotopic (exact) mass is 322 g/mol. The quantitative estimate of drug-likeness (QED) is 0.577.